The largest absolute Gasteiger partial charge is 0.465 e. The maximum Gasteiger partial charge on any atom is 0.339 e. The van der Waals surface area contributed by atoms with Gasteiger partial charge in [-0.25, -0.2) is 9.59 Å². The highest BCUT2D eigenvalue weighted by Crippen LogP contribution is 2.23. The average molecular weight is 410 g/mol. The molecule has 1 aromatic carbocycles. The number of esters is 1. The van der Waals surface area contributed by atoms with Crippen molar-refractivity contribution in [2.24, 2.45) is 0 Å². The number of halogens is 1. The van der Waals surface area contributed by atoms with Gasteiger partial charge in [0.05, 0.1) is 23.7 Å². The average Bonchev–Trinajstić information content (AvgIpc) is 3.20. The Kier molecular flexibility index (Phi) is 8.09. The Morgan fingerprint density at radius 2 is 2.00 bits per heavy atom. The van der Waals surface area contributed by atoms with Crippen molar-refractivity contribution in [1.29, 1.82) is 0 Å². The zero-order chi connectivity index (χ0) is 19.8. The molecule has 1 atom stereocenters. The Bertz CT molecular complexity index is 764. The van der Waals surface area contributed by atoms with Crippen LogP contribution in [0.2, 0.25) is 5.02 Å². The van der Waals surface area contributed by atoms with E-state index in [4.69, 9.17) is 16.3 Å². The van der Waals surface area contributed by atoms with Crippen molar-refractivity contribution in [3.05, 3.63) is 51.2 Å². The zero-order valence-corrected chi connectivity index (χ0v) is 17.2. The quantitative estimate of drug-likeness (QED) is 0.634. The number of methoxy groups -OCH3 is 1. The van der Waals surface area contributed by atoms with Crippen molar-refractivity contribution in [2.75, 3.05) is 32.1 Å². The highest BCUT2D eigenvalue weighted by atomic mass is 35.5. The number of hydrogen-bond donors (Lipinski definition) is 2. The summed E-state index contributed by atoms with van der Waals surface area (Å²) >= 11 is 7.64. The standard InChI is InChI=1S/C19H24ClN3O3S/c1-4-23(5-2)17(13-8-9-27-12-13)11-21-19(25)22-14-6-7-16(20)15(10-14)18(24)26-3/h6-10,12,17H,4-5,11H2,1-3H3,(H2,21,22,25). The molecule has 0 fully saturated rings. The van der Waals surface area contributed by atoms with Crippen molar-refractivity contribution < 1.29 is 14.3 Å². The molecule has 0 spiro atoms. The fourth-order valence-electron chi connectivity index (χ4n) is 2.82. The van der Waals surface area contributed by atoms with Gasteiger partial charge in [0.15, 0.2) is 0 Å². The Hall–Kier alpha value is -2.09. The van der Waals surface area contributed by atoms with Gasteiger partial charge in [0.2, 0.25) is 0 Å². The van der Waals surface area contributed by atoms with Crippen LogP contribution in [0.3, 0.4) is 0 Å². The molecule has 2 amide bonds. The number of thiophene rings is 1. The second kappa shape index (κ2) is 10.3. The minimum absolute atomic E-state index is 0.104. The predicted molar refractivity (Wildman–Crippen MR) is 110 cm³/mol. The molecule has 0 saturated heterocycles. The second-order valence-corrected chi connectivity index (χ2v) is 7.00. The molecule has 1 heterocycles. The maximum atomic E-state index is 12.3. The van der Waals surface area contributed by atoms with Gasteiger partial charge in [0, 0.05) is 12.2 Å². The number of ether oxygens (including phenoxy) is 1. The molecule has 2 N–H and O–H groups in total. The van der Waals surface area contributed by atoms with E-state index in [0.717, 1.165) is 13.1 Å². The van der Waals surface area contributed by atoms with E-state index in [1.165, 1.54) is 18.7 Å². The first-order chi connectivity index (χ1) is 13.0. The summed E-state index contributed by atoms with van der Waals surface area (Å²) in [4.78, 5) is 26.3. The number of nitrogens with zero attached hydrogens (tertiary/aromatic N) is 1. The van der Waals surface area contributed by atoms with Crippen molar-refractivity contribution in [1.82, 2.24) is 10.2 Å². The molecular weight excluding hydrogens is 386 g/mol. The van der Waals surface area contributed by atoms with Gasteiger partial charge in [-0.1, -0.05) is 25.4 Å². The summed E-state index contributed by atoms with van der Waals surface area (Å²) in [5.74, 6) is -0.553. The lowest BCUT2D eigenvalue weighted by Crippen LogP contribution is -2.39. The molecule has 6 nitrogen and oxygen atoms in total. The molecule has 0 saturated carbocycles. The van der Waals surface area contributed by atoms with E-state index in [2.05, 4.69) is 40.8 Å². The van der Waals surface area contributed by atoms with Gasteiger partial charge in [0.25, 0.3) is 0 Å². The molecule has 27 heavy (non-hydrogen) atoms. The van der Waals surface area contributed by atoms with Crippen molar-refractivity contribution in [3.63, 3.8) is 0 Å². The molecule has 2 rings (SSSR count). The summed E-state index contributed by atoms with van der Waals surface area (Å²) in [5, 5.41) is 10.0. The minimum Gasteiger partial charge on any atom is -0.465 e. The molecular formula is C19H24ClN3O3S. The van der Waals surface area contributed by atoms with E-state index < -0.39 is 5.97 Å². The SMILES string of the molecule is CCN(CC)C(CNC(=O)Nc1ccc(Cl)c(C(=O)OC)c1)c1ccsc1. The summed E-state index contributed by atoms with van der Waals surface area (Å²) in [6, 6.07) is 6.51. The van der Waals surface area contributed by atoms with Crippen LogP contribution in [-0.2, 0) is 4.74 Å². The summed E-state index contributed by atoms with van der Waals surface area (Å²) in [6.07, 6.45) is 0. The van der Waals surface area contributed by atoms with E-state index in [1.54, 1.807) is 23.5 Å². The van der Waals surface area contributed by atoms with Crippen LogP contribution in [0.5, 0.6) is 0 Å². The highest BCUT2D eigenvalue weighted by molar-refractivity contribution is 7.08. The van der Waals surface area contributed by atoms with Gasteiger partial charge >= 0.3 is 12.0 Å². The van der Waals surface area contributed by atoms with Gasteiger partial charge in [-0.15, -0.1) is 0 Å². The molecule has 1 aromatic heterocycles. The van der Waals surface area contributed by atoms with Crippen LogP contribution in [0.15, 0.2) is 35.0 Å². The number of carbonyl (C=O) groups excluding carboxylic acids is 2. The first-order valence-electron chi connectivity index (χ1n) is 8.69. The molecule has 2 aromatic rings. The maximum absolute atomic E-state index is 12.3. The second-order valence-electron chi connectivity index (χ2n) is 5.81. The van der Waals surface area contributed by atoms with Crippen molar-refractivity contribution >= 4 is 40.6 Å². The van der Waals surface area contributed by atoms with Gasteiger partial charge in [-0.3, -0.25) is 4.90 Å². The van der Waals surface area contributed by atoms with Crippen LogP contribution in [0, 0.1) is 0 Å². The van der Waals surface area contributed by atoms with Gasteiger partial charge in [-0.05, 0) is 53.7 Å². The summed E-state index contributed by atoms with van der Waals surface area (Å²) < 4.78 is 4.69. The number of anilines is 1. The molecule has 0 bridgehead atoms. The van der Waals surface area contributed by atoms with Crippen molar-refractivity contribution in [2.45, 2.75) is 19.9 Å². The number of nitrogens with one attached hydrogen (secondary N) is 2. The fourth-order valence-corrected chi connectivity index (χ4v) is 3.72. The van der Waals surface area contributed by atoms with Gasteiger partial charge in [-0.2, -0.15) is 11.3 Å². The van der Waals surface area contributed by atoms with E-state index in [-0.39, 0.29) is 22.7 Å². The topological polar surface area (TPSA) is 70.7 Å². The lowest BCUT2D eigenvalue weighted by Gasteiger charge is -2.29. The Balaban J connectivity index is 2.03. The van der Waals surface area contributed by atoms with Crippen LogP contribution in [0.1, 0.15) is 35.8 Å². The number of amides is 2. The Labute approximate surface area is 168 Å². The Morgan fingerprint density at radius 1 is 1.26 bits per heavy atom. The van der Waals surface area contributed by atoms with Gasteiger partial charge < -0.3 is 15.4 Å². The third kappa shape index (κ3) is 5.69. The number of benzene rings is 1. The van der Waals surface area contributed by atoms with E-state index in [1.807, 2.05) is 5.38 Å². The van der Waals surface area contributed by atoms with Crippen LogP contribution < -0.4 is 10.6 Å². The zero-order valence-electron chi connectivity index (χ0n) is 15.6. The minimum atomic E-state index is -0.553. The van der Waals surface area contributed by atoms with Crippen LogP contribution in [0.25, 0.3) is 0 Å². The summed E-state index contributed by atoms with van der Waals surface area (Å²) in [5.41, 5.74) is 1.85. The molecule has 146 valence electrons. The summed E-state index contributed by atoms with van der Waals surface area (Å²) in [7, 11) is 1.28. The smallest absolute Gasteiger partial charge is 0.339 e. The lowest BCUT2D eigenvalue weighted by molar-refractivity contribution is 0.0601. The Morgan fingerprint density at radius 3 is 2.59 bits per heavy atom. The van der Waals surface area contributed by atoms with Crippen LogP contribution in [-0.4, -0.2) is 43.6 Å². The number of likely N-dealkylation sites (N-methyl/N-ethyl adjacent to an activating group) is 1. The number of rotatable bonds is 8. The first-order valence-corrected chi connectivity index (χ1v) is 10.0. The predicted octanol–water partition coefficient (Wildman–Crippen LogP) is 4.39. The van der Waals surface area contributed by atoms with Crippen LogP contribution in [0.4, 0.5) is 10.5 Å². The van der Waals surface area contributed by atoms with Gasteiger partial charge in [0.1, 0.15) is 0 Å². The van der Waals surface area contributed by atoms with E-state index in [9.17, 15) is 9.59 Å². The molecule has 8 heteroatoms. The first kappa shape index (κ1) is 21.2. The van der Waals surface area contributed by atoms with E-state index >= 15 is 0 Å². The number of carbonyl (C=O) groups is 2. The van der Waals surface area contributed by atoms with Crippen molar-refractivity contribution in [3.8, 4) is 0 Å². The van der Waals surface area contributed by atoms with Crippen LogP contribution >= 0.6 is 22.9 Å². The third-order valence-electron chi connectivity index (χ3n) is 4.27. The lowest BCUT2D eigenvalue weighted by atomic mass is 10.1. The molecule has 1 unspecified atom stereocenters. The third-order valence-corrected chi connectivity index (χ3v) is 5.30. The van der Waals surface area contributed by atoms with E-state index in [0.29, 0.717) is 12.2 Å². The highest BCUT2D eigenvalue weighted by Gasteiger charge is 2.19. The molecule has 0 aliphatic carbocycles. The number of urea groups is 1. The number of hydrogen-bond acceptors (Lipinski definition) is 5. The molecule has 0 aliphatic heterocycles. The normalized spacial score (nSPS) is 11.9. The monoisotopic (exact) mass is 409 g/mol. The fraction of sp³-hybridized carbons (Fsp3) is 0.368. The summed E-state index contributed by atoms with van der Waals surface area (Å²) in [6.45, 7) is 6.46. The molecule has 0 aliphatic rings. The molecule has 0 radical (unpaired) electrons.